The highest BCUT2D eigenvalue weighted by atomic mass is 16.5. The van der Waals surface area contributed by atoms with Gasteiger partial charge in [-0.05, 0) is 36.8 Å². The first-order valence-corrected chi connectivity index (χ1v) is 8.12. The minimum atomic E-state index is -0.631. The molecule has 1 atom stereocenters. The normalized spacial score (nSPS) is 11.4. The first-order valence-electron chi connectivity index (χ1n) is 8.12. The molecular formula is C20H22N2O3. The van der Waals surface area contributed by atoms with Gasteiger partial charge in [0.15, 0.2) is 6.10 Å². The van der Waals surface area contributed by atoms with Crippen molar-refractivity contribution < 1.29 is 14.3 Å². The number of hydrogen-bond donors (Lipinski definition) is 0. The molecule has 1 amide bonds. The number of rotatable bonds is 8. The van der Waals surface area contributed by atoms with Gasteiger partial charge in [0.05, 0.1) is 18.2 Å². The number of methoxy groups -OCH3 is 1. The lowest BCUT2D eigenvalue weighted by Gasteiger charge is -2.26. The number of hydrogen-bond acceptors (Lipinski definition) is 4. The monoisotopic (exact) mass is 338 g/mol. The molecule has 2 aromatic rings. The van der Waals surface area contributed by atoms with E-state index in [0.717, 1.165) is 5.56 Å². The fourth-order valence-corrected chi connectivity index (χ4v) is 2.39. The molecular weight excluding hydrogens is 316 g/mol. The minimum Gasteiger partial charge on any atom is -0.481 e. The number of carbonyl (C=O) groups is 1. The van der Waals surface area contributed by atoms with Gasteiger partial charge in [-0.25, -0.2) is 0 Å². The van der Waals surface area contributed by atoms with Gasteiger partial charge in [-0.3, -0.25) is 4.79 Å². The van der Waals surface area contributed by atoms with Crippen molar-refractivity contribution in [1.29, 1.82) is 5.26 Å². The molecule has 0 aliphatic carbocycles. The lowest BCUT2D eigenvalue weighted by atomic mass is 10.2. The largest absolute Gasteiger partial charge is 0.481 e. The van der Waals surface area contributed by atoms with Crippen LogP contribution in [0.5, 0.6) is 5.75 Å². The Morgan fingerprint density at radius 1 is 1.16 bits per heavy atom. The molecule has 0 aliphatic rings. The number of nitriles is 1. The second kappa shape index (κ2) is 9.45. The number of carbonyl (C=O) groups excluding carboxylic acids is 1. The van der Waals surface area contributed by atoms with Gasteiger partial charge in [0.1, 0.15) is 5.75 Å². The van der Waals surface area contributed by atoms with Crippen molar-refractivity contribution in [2.75, 3.05) is 20.3 Å². The van der Waals surface area contributed by atoms with Crippen molar-refractivity contribution in [3.05, 3.63) is 65.7 Å². The molecule has 5 heteroatoms. The summed E-state index contributed by atoms with van der Waals surface area (Å²) in [4.78, 5) is 14.5. The van der Waals surface area contributed by atoms with E-state index in [2.05, 4.69) is 6.07 Å². The van der Waals surface area contributed by atoms with Crippen LogP contribution < -0.4 is 4.74 Å². The van der Waals surface area contributed by atoms with Gasteiger partial charge in [0, 0.05) is 20.2 Å². The molecule has 0 unspecified atom stereocenters. The molecule has 130 valence electrons. The average Bonchev–Trinajstić information content (AvgIpc) is 2.66. The number of ether oxygens (including phenoxy) is 2. The maximum Gasteiger partial charge on any atom is 0.263 e. The van der Waals surface area contributed by atoms with Crippen LogP contribution in [-0.4, -0.2) is 37.2 Å². The number of nitrogens with zero attached hydrogens (tertiary/aromatic N) is 2. The maximum absolute atomic E-state index is 12.8. The molecule has 0 radical (unpaired) electrons. The Morgan fingerprint density at radius 3 is 2.44 bits per heavy atom. The lowest BCUT2D eigenvalue weighted by Crippen LogP contribution is -2.41. The first-order chi connectivity index (χ1) is 12.1. The summed E-state index contributed by atoms with van der Waals surface area (Å²) >= 11 is 0. The standard InChI is InChI=1S/C20H22N2O3/c1-16(25-19-10-8-17(14-21)9-11-19)20(23)22(12-13-24-2)15-18-6-4-3-5-7-18/h3-11,16H,12-13,15H2,1-2H3/t16-/m1/s1. The van der Waals surface area contributed by atoms with Gasteiger partial charge in [-0.2, -0.15) is 5.26 Å². The summed E-state index contributed by atoms with van der Waals surface area (Å²) in [6, 6.07) is 18.6. The Balaban J connectivity index is 2.04. The second-order valence-electron chi connectivity index (χ2n) is 5.63. The Bertz CT molecular complexity index is 708. The third-order valence-electron chi connectivity index (χ3n) is 3.74. The van der Waals surface area contributed by atoms with Crippen molar-refractivity contribution in [2.45, 2.75) is 19.6 Å². The predicted octanol–water partition coefficient (Wildman–Crippen LogP) is 3.00. The molecule has 0 heterocycles. The molecule has 5 nitrogen and oxygen atoms in total. The molecule has 0 bridgehead atoms. The molecule has 2 aromatic carbocycles. The summed E-state index contributed by atoms with van der Waals surface area (Å²) in [7, 11) is 1.61. The highest BCUT2D eigenvalue weighted by Crippen LogP contribution is 2.15. The topological polar surface area (TPSA) is 62.6 Å². The van der Waals surface area contributed by atoms with Crippen LogP contribution in [0.4, 0.5) is 0 Å². The van der Waals surface area contributed by atoms with Crippen molar-refractivity contribution >= 4 is 5.91 Å². The first kappa shape index (κ1) is 18.5. The summed E-state index contributed by atoms with van der Waals surface area (Å²) in [5.41, 5.74) is 1.61. The van der Waals surface area contributed by atoms with Crippen LogP contribution in [0.2, 0.25) is 0 Å². The summed E-state index contributed by atoms with van der Waals surface area (Å²) in [6.07, 6.45) is -0.631. The van der Waals surface area contributed by atoms with Crippen LogP contribution in [-0.2, 0) is 16.1 Å². The van der Waals surface area contributed by atoms with Crippen LogP contribution in [0, 0.1) is 11.3 Å². The van der Waals surface area contributed by atoms with Crippen LogP contribution in [0.15, 0.2) is 54.6 Å². The Labute approximate surface area is 148 Å². The van der Waals surface area contributed by atoms with E-state index in [1.54, 1.807) is 43.2 Å². The highest BCUT2D eigenvalue weighted by Gasteiger charge is 2.22. The van der Waals surface area contributed by atoms with Crippen LogP contribution in [0.1, 0.15) is 18.1 Å². The van der Waals surface area contributed by atoms with Gasteiger partial charge in [0.2, 0.25) is 0 Å². The van der Waals surface area contributed by atoms with Crippen molar-refractivity contribution in [3.8, 4) is 11.8 Å². The van der Waals surface area contributed by atoms with Gasteiger partial charge in [-0.15, -0.1) is 0 Å². The fraction of sp³-hybridized carbons (Fsp3) is 0.300. The van der Waals surface area contributed by atoms with E-state index in [9.17, 15) is 4.79 Å². The summed E-state index contributed by atoms with van der Waals surface area (Å²) in [6.45, 7) is 3.18. The third-order valence-corrected chi connectivity index (χ3v) is 3.74. The zero-order chi connectivity index (χ0) is 18.1. The molecule has 0 N–H and O–H groups in total. The highest BCUT2D eigenvalue weighted by molar-refractivity contribution is 5.81. The third kappa shape index (κ3) is 5.63. The van der Waals surface area contributed by atoms with Crippen LogP contribution >= 0.6 is 0 Å². The van der Waals surface area contributed by atoms with E-state index in [1.165, 1.54) is 0 Å². The molecule has 0 aliphatic heterocycles. The Hall–Kier alpha value is -2.84. The quantitative estimate of drug-likeness (QED) is 0.742. The molecule has 0 saturated carbocycles. The zero-order valence-corrected chi connectivity index (χ0v) is 14.5. The predicted molar refractivity (Wildman–Crippen MR) is 95.0 cm³/mol. The number of amides is 1. The van der Waals surface area contributed by atoms with Crippen LogP contribution in [0.25, 0.3) is 0 Å². The van der Waals surface area contributed by atoms with E-state index in [4.69, 9.17) is 14.7 Å². The Kier molecular flexibility index (Phi) is 7.00. The molecule has 0 saturated heterocycles. The zero-order valence-electron chi connectivity index (χ0n) is 14.5. The Morgan fingerprint density at radius 2 is 1.84 bits per heavy atom. The fourth-order valence-electron chi connectivity index (χ4n) is 2.39. The summed E-state index contributed by atoms with van der Waals surface area (Å²) in [5, 5.41) is 8.83. The van der Waals surface area contributed by atoms with Gasteiger partial charge >= 0.3 is 0 Å². The molecule has 25 heavy (non-hydrogen) atoms. The summed E-state index contributed by atoms with van der Waals surface area (Å²) in [5.74, 6) is 0.455. The molecule has 0 aromatic heterocycles. The smallest absolute Gasteiger partial charge is 0.263 e. The van der Waals surface area contributed by atoms with E-state index in [0.29, 0.717) is 31.0 Å². The van der Waals surface area contributed by atoms with Crippen molar-refractivity contribution in [3.63, 3.8) is 0 Å². The van der Waals surface area contributed by atoms with E-state index < -0.39 is 6.10 Å². The van der Waals surface area contributed by atoms with Gasteiger partial charge in [0.25, 0.3) is 5.91 Å². The average molecular weight is 338 g/mol. The minimum absolute atomic E-state index is 0.106. The van der Waals surface area contributed by atoms with Crippen molar-refractivity contribution in [2.24, 2.45) is 0 Å². The van der Waals surface area contributed by atoms with E-state index in [1.807, 2.05) is 30.3 Å². The van der Waals surface area contributed by atoms with Gasteiger partial charge < -0.3 is 14.4 Å². The molecule has 2 rings (SSSR count). The van der Waals surface area contributed by atoms with E-state index in [-0.39, 0.29) is 5.91 Å². The second-order valence-corrected chi connectivity index (χ2v) is 5.63. The SMILES string of the molecule is COCCN(Cc1ccccc1)C(=O)[C@@H](C)Oc1ccc(C#N)cc1. The molecule has 0 spiro atoms. The van der Waals surface area contributed by atoms with Crippen LogP contribution in [0.3, 0.4) is 0 Å². The number of benzene rings is 2. The van der Waals surface area contributed by atoms with E-state index >= 15 is 0 Å². The molecule has 0 fully saturated rings. The summed E-state index contributed by atoms with van der Waals surface area (Å²) < 4.78 is 10.9. The lowest BCUT2D eigenvalue weighted by molar-refractivity contribution is -0.139. The van der Waals surface area contributed by atoms with Crippen molar-refractivity contribution in [1.82, 2.24) is 4.90 Å². The maximum atomic E-state index is 12.8. The van der Waals surface area contributed by atoms with Gasteiger partial charge in [-0.1, -0.05) is 30.3 Å².